The van der Waals surface area contributed by atoms with Crippen molar-refractivity contribution in [1.82, 2.24) is 19.6 Å². The Balaban J connectivity index is 1.80. The van der Waals surface area contributed by atoms with Crippen LogP contribution in [0.1, 0.15) is 13.3 Å². The van der Waals surface area contributed by atoms with Crippen LogP contribution in [0, 0.1) is 0 Å². The molecule has 0 unspecified atom stereocenters. The number of carbonyl (C=O) groups is 2. The van der Waals surface area contributed by atoms with Crippen LogP contribution >= 0.6 is 0 Å². The number of rotatable bonds is 5. The van der Waals surface area contributed by atoms with Gasteiger partial charge in [0, 0.05) is 38.9 Å². The molecule has 0 aromatic carbocycles. The van der Waals surface area contributed by atoms with Crippen LogP contribution in [0.2, 0.25) is 0 Å². The number of hydrogen-bond donors (Lipinski definition) is 1. The van der Waals surface area contributed by atoms with Crippen LogP contribution in [0.4, 0.5) is 5.82 Å². The fraction of sp³-hybridized carbons (Fsp3) is 0.583. The maximum atomic E-state index is 11.8. The molecule has 7 nitrogen and oxygen atoms in total. The second kappa shape index (κ2) is 5.73. The van der Waals surface area contributed by atoms with E-state index < -0.39 is 11.8 Å². The summed E-state index contributed by atoms with van der Waals surface area (Å²) in [5, 5.41) is 4.07. The molecular formula is C12H19N5O2. The molecule has 0 bridgehead atoms. The summed E-state index contributed by atoms with van der Waals surface area (Å²) < 4.78 is 1.74. The number of piperazine rings is 1. The van der Waals surface area contributed by atoms with E-state index in [1.165, 1.54) is 0 Å². The Labute approximate surface area is 111 Å². The lowest BCUT2D eigenvalue weighted by Gasteiger charge is -2.33. The quantitative estimate of drug-likeness (QED) is 0.731. The first-order valence-corrected chi connectivity index (χ1v) is 6.49. The fourth-order valence-electron chi connectivity index (χ4n) is 2.16. The molecule has 0 aliphatic carbocycles. The summed E-state index contributed by atoms with van der Waals surface area (Å²) in [5.74, 6) is -0.298. The Bertz CT molecular complexity index is 470. The number of nitrogens with zero attached hydrogens (tertiary/aromatic N) is 4. The number of likely N-dealkylation sites (N-methyl/N-ethyl adjacent to an activating group) is 1. The molecule has 2 heterocycles. The smallest absolute Gasteiger partial charge is 0.312 e. The number of carbonyl (C=O) groups excluding carboxylic acids is 2. The maximum Gasteiger partial charge on any atom is 0.312 e. The van der Waals surface area contributed by atoms with E-state index in [1.54, 1.807) is 26.7 Å². The highest BCUT2D eigenvalue weighted by Crippen LogP contribution is 2.06. The zero-order valence-electron chi connectivity index (χ0n) is 11.1. The lowest BCUT2D eigenvalue weighted by Crippen LogP contribution is -2.54. The van der Waals surface area contributed by atoms with Crippen LogP contribution in [-0.4, -0.2) is 57.6 Å². The first-order valence-electron chi connectivity index (χ1n) is 6.49. The molecule has 2 amide bonds. The average Bonchev–Trinajstić information content (AvgIpc) is 2.81. The fourth-order valence-corrected chi connectivity index (χ4v) is 2.16. The van der Waals surface area contributed by atoms with Crippen LogP contribution in [0.5, 0.6) is 0 Å². The first kappa shape index (κ1) is 13.4. The van der Waals surface area contributed by atoms with Crippen LogP contribution in [-0.2, 0) is 16.1 Å². The van der Waals surface area contributed by atoms with Crippen molar-refractivity contribution in [3.05, 3.63) is 12.3 Å². The standard InChI is InChI=1S/C12H19N5O2/c1-2-15-8-9-16(12(19)11(15)18)5-3-6-17-7-4-10(13)14-17/h4,7H,2-3,5-6,8-9H2,1H3,(H2,13,14). The van der Waals surface area contributed by atoms with Crippen molar-refractivity contribution in [1.29, 1.82) is 0 Å². The van der Waals surface area contributed by atoms with Gasteiger partial charge in [0.1, 0.15) is 5.82 Å². The predicted octanol–water partition coefficient (Wildman–Crippen LogP) is -0.454. The van der Waals surface area contributed by atoms with Gasteiger partial charge in [0.25, 0.3) is 0 Å². The van der Waals surface area contributed by atoms with Crippen molar-refractivity contribution < 1.29 is 9.59 Å². The van der Waals surface area contributed by atoms with Gasteiger partial charge in [-0.1, -0.05) is 0 Å². The Hall–Kier alpha value is -2.05. The summed E-state index contributed by atoms with van der Waals surface area (Å²) in [6.07, 6.45) is 2.56. The number of hydrogen-bond acceptors (Lipinski definition) is 4. The van der Waals surface area contributed by atoms with Crippen LogP contribution in [0.3, 0.4) is 0 Å². The van der Waals surface area contributed by atoms with Gasteiger partial charge in [-0.2, -0.15) is 5.10 Å². The van der Waals surface area contributed by atoms with Crippen molar-refractivity contribution in [2.75, 3.05) is 31.9 Å². The molecule has 2 N–H and O–H groups in total. The summed E-state index contributed by atoms with van der Waals surface area (Å²) in [5.41, 5.74) is 5.52. The Morgan fingerprint density at radius 2 is 1.89 bits per heavy atom. The van der Waals surface area contributed by atoms with Crippen molar-refractivity contribution in [2.24, 2.45) is 0 Å². The van der Waals surface area contributed by atoms with E-state index in [-0.39, 0.29) is 0 Å². The molecule has 1 fully saturated rings. The molecule has 2 rings (SSSR count). The summed E-state index contributed by atoms with van der Waals surface area (Å²) in [7, 11) is 0. The SMILES string of the molecule is CCN1CCN(CCCn2ccc(N)n2)C(=O)C1=O. The molecule has 1 aliphatic heterocycles. The van der Waals surface area contributed by atoms with Gasteiger partial charge in [0.05, 0.1) is 0 Å². The first-order chi connectivity index (χ1) is 9.11. The van der Waals surface area contributed by atoms with Crippen molar-refractivity contribution >= 4 is 17.6 Å². The van der Waals surface area contributed by atoms with Gasteiger partial charge in [-0.25, -0.2) is 0 Å². The number of aryl methyl sites for hydroxylation is 1. The predicted molar refractivity (Wildman–Crippen MR) is 70.1 cm³/mol. The highest BCUT2D eigenvalue weighted by molar-refractivity contribution is 6.35. The van der Waals surface area contributed by atoms with Gasteiger partial charge in [0.15, 0.2) is 0 Å². The van der Waals surface area contributed by atoms with E-state index in [9.17, 15) is 9.59 Å². The molecule has 0 saturated carbocycles. The lowest BCUT2D eigenvalue weighted by atomic mass is 10.2. The molecule has 1 aromatic rings. The molecule has 7 heteroatoms. The molecular weight excluding hydrogens is 246 g/mol. The Kier molecular flexibility index (Phi) is 4.03. The second-order valence-corrected chi connectivity index (χ2v) is 4.53. The topological polar surface area (TPSA) is 84.5 Å². The number of amides is 2. The molecule has 1 aliphatic rings. The minimum absolute atomic E-state index is 0.392. The van der Waals surface area contributed by atoms with E-state index in [0.717, 1.165) is 6.42 Å². The lowest BCUT2D eigenvalue weighted by molar-refractivity contribution is -0.155. The molecule has 0 spiro atoms. The number of nitrogens with two attached hydrogens (primary N) is 1. The van der Waals surface area contributed by atoms with E-state index in [2.05, 4.69) is 5.10 Å². The monoisotopic (exact) mass is 265 g/mol. The summed E-state index contributed by atoms with van der Waals surface area (Å²) in [4.78, 5) is 26.7. The van der Waals surface area contributed by atoms with Crippen LogP contribution < -0.4 is 5.73 Å². The minimum atomic E-state index is -0.395. The van der Waals surface area contributed by atoms with Gasteiger partial charge in [0.2, 0.25) is 0 Å². The van der Waals surface area contributed by atoms with Crippen LogP contribution in [0.25, 0.3) is 0 Å². The zero-order valence-corrected chi connectivity index (χ0v) is 11.1. The number of aromatic nitrogens is 2. The van der Waals surface area contributed by atoms with Gasteiger partial charge < -0.3 is 15.5 Å². The largest absolute Gasteiger partial charge is 0.382 e. The highest BCUT2D eigenvalue weighted by Gasteiger charge is 2.30. The normalized spacial score (nSPS) is 16.3. The van der Waals surface area contributed by atoms with Crippen molar-refractivity contribution in [3.63, 3.8) is 0 Å². The third-order valence-corrected chi connectivity index (χ3v) is 3.26. The van der Waals surface area contributed by atoms with Crippen LogP contribution in [0.15, 0.2) is 12.3 Å². The van der Waals surface area contributed by atoms with Gasteiger partial charge in [-0.05, 0) is 19.4 Å². The van der Waals surface area contributed by atoms with Gasteiger partial charge in [-0.3, -0.25) is 14.3 Å². The number of nitrogen functional groups attached to an aromatic ring is 1. The minimum Gasteiger partial charge on any atom is -0.382 e. The highest BCUT2D eigenvalue weighted by atomic mass is 16.2. The molecule has 1 saturated heterocycles. The van der Waals surface area contributed by atoms with Crippen molar-refractivity contribution in [2.45, 2.75) is 19.9 Å². The Morgan fingerprint density at radius 3 is 2.53 bits per heavy atom. The maximum absolute atomic E-state index is 11.8. The Morgan fingerprint density at radius 1 is 1.21 bits per heavy atom. The summed E-state index contributed by atoms with van der Waals surface area (Å²) in [6, 6.07) is 1.73. The van der Waals surface area contributed by atoms with E-state index >= 15 is 0 Å². The molecule has 0 radical (unpaired) electrons. The van der Waals surface area contributed by atoms with E-state index in [4.69, 9.17) is 5.73 Å². The third kappa shape index (κ3) is 3.04. The summed E-state index contributed by atoms with van der Waals surface area (Å²) in [6.45, 7) is 4.96. The molecule has 19 heavy (non-hydrogen) atoms. The van der Waals surface area contributed by atoms with Gasteiger partial charge >= 0.3 is 11.8 Å². The van der Waals surface area contributed by atoms with E-state index in [1.807, 2.05) is 6.92 Å². The third-order valence-electron chi connectivity index (χ3n) is 3.26. The molecule has 1 aromatic heterocycles. The zero-order chi connectivity index (χ0) is 13.8. The van der Waals surface area contributed by atoms with Gasteiger partial charge in [-0.15, -0.1) is 0 Å². The van der Waals surface area contributed by atoms with Crippen molar-refractivity contribution in [3.8, 4) is 0 Å². The molecule has 0 atom stereocenters. The molecule has 104 valence electrons. The number of anilines is 1. The van der Waals surface area contributed by atoms with E-state index in [0.29, 0.717) is 38.5 Å². The summed E-state index contributed by atoms with van der Waals surface area (Å²) >= 11 is 0. The average molecular weight is 265 g/mol. The second-order valence-electron chi connectivity index (χ2n) is 4.53.